The molecule has 30 heavy (non-hydrogen) atoms. The number of ether oxygens (including phenoxy) is 1. The number of benzene rings is 4. The first-order valence-electron chi connectivity index (χ1n) is 9.65. The minimum absolute atomic E-state index is 0. The topological polar surface area (TPSA) is 22.1 Å². The van der Waals surface area contributed by atoms with Crippen LogP contribution in [0.15, 0.2) is 97.1 Å². The first-order valence-corrected chi connectivity index (χ1v) is 9.65. The van der Waals surface area contributed by atoms with Gasteiger partial charge in [0.15, 0.2) is 0 Å². The molecule has 0 N–H and O–H groups in total. The van der Waals surface area contributed by atoms with Crippen LogP contribution in [0.4, 0.5) is 0 Å². The minimum Gasteiger partial charge on any atom is -0.477 e. The van der Waals surface area contributed by atoms with E-state index in [9.17, 15) is 0 Å². The van der Waals surface area contributed by atoms with E-state index in [2.05, 4.69) is 54.6 Å². The van der Waals surface area contributed by atoms with Crippen LogP contribution in [0.2, 0.25) is 0 Å². The summed E-state index contributed by atoms with van der Waals surface area (Å²) >= 11 is 0. The summed E-state index contributed by atoms with van der Waals surface area (Å²) in [5.41, 5.74) is 7.87. The van der Waals surface area contributed by atoms with E-state index in [0.29, 0.717) is 0 Å². The molecular formula is C27H16IrNO-. The molecule has 3 heteroatoms. The van der Waals surface area contributed by atoms with E-state index in [1.807, 2.05) is 48.5 Å². The summed E-state index contributed by atoms with van der Waals surface area (Å²) in [4.78, 5) is 4.95. The van der Waals surface area contributed by atoms with E-state index in [-0.39, 0.29) is 20.1 Å². The Morgan fingerprint density at radius 2 is 1.37 bits per heavy atom. The summed E-state index contributed by atoms with van der Waals surface area (Å²) in [6, 6.07) is 36.0. The van der Waals surface area contributed by atoms with E-state index in [4.69, 9.17) is 9.72 Å². The number of fused-ring (bicyclic) bond motifs is 3. The normalized spacial score (nSPS) is 11.1. The summed E-state index contributed by atoms with van der Waals surface area (Å²) in [5.74, 6) is 1.59. The van der Waals surface area contributed by atoms with Crippen LogP contribution in [0.1, 0.15) is 0 Å². The fourth-order valence-corrected chi connectivity index (χ4v) is 4.10. The summed E-state index contributed by atoms with van der Waals surface area (Å²) < 4.78 is 6.00. The van der Waals surface area contributed by atoms with Crippen molar-refractivity contribution in [2.45, 2.75) is 0 Å². The van der Waals surface area contributed by atoms with Crippen molar-refractivity contribution < 1.29 is 24.8 Å². The first kappa shape index (κ1) is 18.7. The van der Waals surface area contributed by atoms with Gasteiger partial charge in [0.2, 0.25) is 0 Å². The largest absolute Gasteiger partial charge is 0.477 e. The van der Waals surface area contributed by atoms with Gasteiger partial charge in [-0.25, -0.2) is 0 Å². The molecule has 0 atom stereocenters. The van der Waals surface area contributed by atoms with Gasteiger partial charge in [-0.1, -0.05) is 60.7 Å². The standard InChI is InChI=1S/C27H16NO.Ir/c1-2-9-19(10-3-1)29-20-11-6-8-18(16-20)26-17-24-22-13-5-4-12-21(22)23-14-7-15-25(28-26)27(23)24;/h1-7,9-17H;/q-1;. The van der Waals surface area contributed by atoms with E-state index in [0.717, 1.165) is 28.3 Å². The number of aromatic nitrogens is 1. The van der Waals surface area contributed by atoms with Gasteiger partial charge < -0.3 is 4.74 Å². The van der Waals surface area contributed by atoms with Gasteiger partial charge in [0.1, 0.15) is 5.75 Å². The molecule has 0 spiro atoms. The smallest absolute Gasteiger partial charge is 0.124 e. The van der Waals surface area contributed by atoms with Gasteiger partial charge in [-0.3, -0.25) is 4.98 Å². The predicted octanol–water partition coefficient (Wildman–Crippen LogP) is 7.14. The van der Waals surface area contributed by atoms with Gasteiger partial charge >= 0.3 is 0 Å². The van der Waals surface area contributed by atoms with Crippen LogP contribution < -0.4 is 4.74 Å². The van der Waals surface area contributed by atoms with Crippen LogP contribution in [-0.4, -0.2) is 4.98 Å². The predicted molar refractivity (Wildman–Crippen MR) is 117 cm³/mol. The molecule has 6 rings (SSSR count). The van der Waals surface area contributed by atoms with Crippen molar-refractivity contribution in [3.8, 4) is 45.0 Å². The van der Waals surface area contributed by atoms with Crippen molar-refractivity contribution in [1.29, 1.82) is 0 Å². The molecule has 4 aromatic carbocycles. The van der Waals surface area contributed by atoms with Crippen molar-refractivity contribution in [3.63, 3.8) is 0 Å². The molecule has 2 nitrogen and oxygen atoms in total. The van der Waals surface area contributed by atoms with Gasteiger partial charge in [0, 0.05) is 31.2 Å². The Kier molecular flexibility index (Phi) is 4.71. The Morgan fingerprint density at radius 1 is 0.633 bits per heavy atom. The van der Waals surface area contributed by atoms with Crippen LogP contribution in [-0.2, 0) is 20.1 Å². The van der Waals surface area contributed by atoms with E-state index >= 15 is 0 Å². The molecule has 0 unspecified atom stereocenters. The third-order valence-electron chi connectivity index (χ3n) is 5.37. The number of pyridine rings is 1. The molecule has 0 saturated carbocycles. The van der Waals surface area contributed by atoms with Gasteiger partial charge in [-0.05, 0) is 46.1 Å². The van der Waals surface area contributed by atoms with Crippen molar-refractivity contribution in [2.24, 2.45) is 0 Å². The maximum Gasteiger partial charge on any atom is 0.124 e. The van der Waals surface area contributed by atoms with Crippen LogP contribution in [0.25, 0.3) is 44.4 Å². The van der Waals surface area contributed by atoms with Gasteiger partial charge in [-0.15, -0.1) is 29.8 Å². The quantitative estimate of drug-likeness (QED) is 0.214. The maximum atomic E-state index is 6.00. The molecular weight excluding hydrogens is 547 g/mol. The maximum absolute atomic E-state index is 6.00. The molecule has 1 heterocycles. The zero-order valence-electron chi connectivity index (χ0n) is 15.9. The number of para-hydroxylation sites is 1. The molecule has 145 valence electrons. The first-order chi connectivity index (χ1) is 14.4. The number of rotatable bonds is 3. The van der Waals surface area contributed by atoms with Gasteiger partial charge in [0.25, 0.3) is 0 Å². The van der Waals surface area contributed by atoms with Crippen molar-refractivity contribution >= 4 is 10.9 Å². The Labute approximate surface area is 188 Å². The average molecular weight is 563 g/mol. The van der Waals surface area contributed by atoms with Crippen LogP contribution >= 0.6 is 0 Å². The summed E-state index contributed by atoms with van der Waals surface area (Å²) in [7, 11) is 0. The molecule has 1 aliphatic rings. The molecule has 0 aliphatic heterocycles. The second-order valence-corrected chi connectivity index (χ2v) is 7.15. The SMILES string of the molecule is [Ir].[c-]1ccc(Oc2ccccc2)cc1-c1cc2c3c(cccc3n1)-c1ccccc1-2. The fraction of sp³-hybridized carbons (Fsp3) is 0. The Bertz CT molecular complexity index is 1380. The van der Waals surface area contributed by atoms with Crippen molar-refractivity contribution in [2.75, 3.05) is 0 Å². The Morgan fingerprint density at radius 3 is 2.20 bits per heavy atom. The second kappa shape index (κ2) is 7.53. The van der Waals surface area contributed by atoms with Crippen molar-refractivity contribution in [3.05, 3.63) is 103 Å². The van der Waals surface area contributed by atoms with E-state index < -0.39 is 0 Å². The molecule has 0 bridgehead atoms. The number of hydrogen-bond acceptors (Lipinski definition) is 2. The van der Waals surface area contributed by atoms with Gasteiger partial charge in [0.05, 0.1) is 5.52 Å². The summed E-state index contributed by atoms with van der Waals surface area (Å²) in [5, 5.41) is 1.23. The van der Waals surface area contributed by atoms with Crippen LogP contribution in [0.5, 0.6) is 11.5 Å². The van der Waals surface area contributed by atoms with Crippen LogP contribution in [0, 0.1) is 6.07 Å². The van der Waals surface area contributed by atoms with Crippen LogP contribution in [0.3, 0.4) is 0 Å². The van der Waals surface area contributed by atoms with E-state index in [1.165, 1.54) is 27.6 Å². The van der Waals surface area contributed by atoms with Gasteiger partial charge in [-0.2, -0.15) is 0 Å². The molecule has 1 aromatic heterocycles. The molecule has 0 amide bonds. The Hall–Kier alpha value is -3.26. The molecule has 5 aromatic rings. The fourth-order valence-electron chi connectivity index (χ4n) is 4.10. The Balaban J connectivity index is 0.00000193. The average Bonchev–Trinajstić information content (AvgIpc) is 3.10. The third kappa shape index (κ3) is 3.04. The summed E-state index contributed by atoms with van der Waals surface area (Å²) in [6.45, 7) is 0. The number of nitrogens with zero attached hydrogens (tertiary/aromatic N) is 1. The number of hydrogen-bond donors (Lipinski definition) is 0. The molecule has 0 fully saturated rings. The van der Waals surface area contributed by atoms with E-state index in [1.54, 1.807) is 0 Å². The molecule has 1 aliphatic carbocycles. The molecule has 1 radical (unpaired) electrons. The minimum atomic E-state index is 0. The van der Waals surface area contributed by atoms with Crippen molar-refractivity contribution in [1.82, 2.24) is 4.98 Å². The molecule has 0 saturated heterocycles. The second-order valence-electron chi connectivity index (χ2n) is 7.15. The summed E-state index contributed by atoms with van der Waals surface area (Å²) in [6.07, 6.45) is 0. The monoisotopic (exact) mass is 563 g/mol. The zero-order chi connectivity index (χ0) is 19.2. The third-order valence-corrected chi connectivity index (χ3v) is 5.37. The zero-order valence-corrected chi connectivity index (χ0v) is 18.3.